The molecule has 6 nitrogen and oxygen atoms in total. The zero-order valence-electron chi connectivity index (χ0n) is 14.4. The van der Waals surface area contributed by atoms with E-state index < -0.39 is 30.2 Å². The molecule has 0 aliphatic rings. The first-order valence-electron chi connectivity index (χ1n) is 7.71. The highest BCUT2D eigenvalue weighted by molar-refractivity contribution is 5.87. The Balaban J connectivity index is 2.33. The van der Waals surface area contributed by atoms with Crippen LogP contribution >= 0.6 is 0 Å². The van der Waals surface area contributed by atoms with Crippen molar-refractivity contribution in [1.29, 1.82) is 0 Å². The SMILES string of the molecule is COC(=O)C(Cc1c[nH]c2cc(C(OC)C(F)(F)F)ccc12)NC(C)=O. The molecule has 142 valence electrons. The number of aromatic amines is 1. The average Bonchev–Trinajstić information content (AvgIpc) is 2.94. The van der Waals surface area contributed by atoms with E-state index in [-0.39, 0.29) is 12.0 Å². The Bertz CT molecular complexity index is 801. The largest absolute Gasteiger partial charge is 0.467 e. The molecule has 2 atom stereocenters. The van der Waals surface area contributed by atoms with E-state index >= 15 is 0 Å². The number of carbonyl (C=O) groups is 2. The topological polar surface area (TPSA) is 80.4 Å². The lowest BCUT2D eigenvalue weighted by atomic mass is 10.0. The molecule has 0 saturated heterocycles. The zero-order valence-corrected chi connectivity index (χ0v) is 14.4. The van der Waals surface area contributed by atoms with Gasteiger partial charge in [0.15, 0.2) is 6.10 Å². The molecule has 0 aliphatic heterocycles. The number of methoxy groups -OCH3 is 2. The van der Waals surface area contributed by atoms with E-state index in [1.54, 1.807) is 6.20 Å². The lowest BCUT2D eigenvalue weighted by molar-refractivity contribution is -0.215. The minimum Gasteiger partial charge on any atom is -0.467 e. The van der Waals surface area contributed by atoms with Crippen molar-refractivity contribution < 1.29 is 32.2 Å². The molecule has 0 saturated carbocycles. The number of amides is 1. The summed E-state index contributed by atoms with van der Waals surface area (Å²) in [5.41, 5.74) is 1.10. The Kier molecular flexibility index (Phi) is 5.91. The average molecular weight is 372 g/mol. The molecule has 1 heterocycles. The first-order chi connectivity index (χ1) is 12.2. The Morgan fingerprint density at radius 2 is 1.96 bits per heavy atom. The summed E-state index contributed by atoms with van der Waals surface area (Å²) in [5, 5.41) is 3.14. The van der Waals surface area contributed by atoms with Crippen LogP contribution in [0.3, 0.4) is 0 Å². The number of aromatic nitrogens is 1. The third-order valence-corrected chi connectivity index (χ3v) is 3.91. The Labute approximate surface area is 147 Å². The van der Waals surface area contributed by atoms with Gasteiger partial charge in [0.2, 0.25) is 5.91 Å². The van der Waals surface area contributed by atoms with Crippen LogP contribution in [0.2, 0.25) is 0 Å². The number of nitrogens with one attached hydrogen (secondary N) is 2. The maximum atomic E-state index is 13.0. The number of alkyl halides is 3. The van der Waals surface area contributed by atoms with Gasteiger partial charge >= 0.3 is 12.1 Å². The van der Waals surface area contributed by atoms with Crippen LogP contribution in [-0.2, 0) is 25.5 Å². The van der Waals surface area contributed by atoms with Crippen LogP contribution in [-0.4, -0.2) is 43.3 Å². The summed E-state index contributed by atoms with van der Waals surface area (Å²) in [6.45, 7) is 1.28. The monoisotopic (exact) mass is 372 g/mol. The molecule has 2 unspecified atom stereocenters. The molecule has 2 aromatic rings. The molecular weight excluding hydrogens is 353 g/mol. The second-order valence-corrected chi connectivity index (χ2v) is 5.76. The van der Waals surface area contributed by atoms with Crippen LogP contribution in [0, 0.1) is 0 Å². The Hall–Kier alpha value is -2.55. The van der Waals surface area contributed by atoms with Crippen molar-refractivity contribution in [3.05, 3.63) is 35.5 Å². The van der Waals surface area contributed by atoms with Crippen LogP contribution in [0.5, 0.6) is 0 Å². The van der Waals surface area contributed by atoms with E-state index in [9.17, 15) is 22.8 Å². The molecule has 1 aromatic carbocycles. The van der Waals surface area contributed by atoms with Gasteiger partial charge < -0.3 is 19.8 Å². The summed E-state index contributed by atoms with van der Waals surface area (Å²) in [7, 11) is 2.21. The van der Waals surface area contributed by atoms with Gasteiger partial charge in [0.1, 0.15) is 6.04 Å². The van der Waals surface area contributed by atoms with Crippen molar-refractivity contribution in [1.82, 2.24) is 10.3 Å². The van der Waals surface area contributed by atoms with Crippen molar-refractivity contribution in [3.8, 4) is 0 Å². The van der Waals surface area contributed by atoms with Crippen molar-refractivity contribution in [2.45, 2.75) is 31.7 Å². The first-order valence-corrected chi connectivity index (χ1v) is 7.71. The predicted molar refractivity (Wildman–Crippen MR) is 87.4 cm³/mol. The van der Waals surface area contributed by atoms with Crippen LogP contribution in [0.15, 0.2) is 24.4 Å². The standard InChI is InChI=1S/C17H19F3N2O4/c1-9(23)22-14(16(24)26-3)7-11-8-21-13-6-10(4-5-12(11)13)15(25-2)17(18,19)20/h4-6,8,14-15,21H,7H2,1-3H3,(H,22,23). The maximum Gasteiger partial charge on any atom is 0.418 e. The minimum absolute atomic E-state index is 0.0349. The summed E-state index contributed by atoms with van der Waals surface area (Å²) in [6.07, 6.45) is -4.83. The second-order valence-electron chi connectivity index (χ2n) is 5.76. The molecule has 0 radical (unpaired) electrons. The summed E-state index contributed by atoms with van der Waals surface area (Å²) >= 11 is 0. The molecule has 0 fully saturated rings. The molecular formula is C17H19F3N2O4. The van der Waals surface area contributed by atoms with Gasteiger partial charge in [0, 0.05) is 37.6 Å². The Morgan fingerprint density at radius 3 is 2.50 bits per heavy atom. The molecule has 26 heavy (non-hydrogen) atoms. The van der Waals surface area contributed by atoms with Crippen molar-refractivity contribution >= 4 is 22.8 Å². The molecule has 9 heteroatoms. The molecule has 0 aliphatic carbocycles. The molecule has 0 bridgehead atoms. The van der Waals surface area contributed by atoms with Crippen LogP contribution in [0.1, 0.15) is 24.2 Å². The predicted octanol–water partition coefficient (Wildman–Crippen LogP) is 2.64. The molecule has 2 rings (SSSR count). The number of ether oxygens (including phenoxy) is 2. The highest BCUT2D eigenvalue weighted by Crippen LogP contribution is 2.36. The van der Waals surface area contributed by atoms with Gasteiger partial charge in [-0.3, -0.25) is 4.79 Å². The van der Waals surface area contributed by atoms with E-state index in [2.05, 4.69) is 19.8 Å². The van der Waals surface area contributed by atoms with Gasteiger partial charge in [0.05, 0.1) is 7.11 Å². The number of halogens is 3. The highest BCUT2D eigenvalue weighted by Gasteiger charge is 2.41. The molecule has 0 spiro atoms. The number of rotatable bonds is 6. The summed E-state index contributed by atoms with van der Waals surface area (Å²) < 4.78 is 48.3. The molecule has 1 amide bonds. The third-order valence-electron chi connectivity index (χ3n) is 3.91. The normalized spacial score (nSPS) is 14.1. The van der Waals surface area contributed by atoms with Gasteiger partial charge in [-0.05, 0) is 17.2 Å². The lowest BCUT2D eigenvalue weighted by Crippen LogP contribution is -2.41. The van der Waals surface area contributed by atoms with Crippen molar-refractivity contribution in [2.24, 2.45) is 0 Å². The lowest BCUT2D eigenvalue weighted by Gasteiger charge is -2.19. The van der Waals surface area contributed by atoms with E-state index in [0.717, 1.165) is 7.11 Å². The third kappa shape index (κ3) is 4.34. The summed E-state index contributed by atoms with van der Waals surface area (Å²) in [6, 6.07) is 3.31. The smallest absolute Gasteiger partial charge is 0.418 e. The summed E-state index contributed by atoms with van der Waals surface area (Å²) in [5.74, 6) is -1.00. The first kappa shape index (κ1) is 19.8. The van der Waals surface area contributed by atoms with Crippen LogP contribution < -0.4 is 5.32 Å². The quantitative estimate of drug-likeness (QED) is 0.764. The minimum atomic E-state index is -4.53. The zero-order chi connectivity index (χ0) is 19.5. The van der Waals surface area contributed by atoms with Crippen LogP contribution in [0.25, 0.3) is 10.9 Å². The fraction of sp³-hybridized carbons (Fsp3) is 0.412. The number of hydrogen-bond donors (Lipinski definition) is 2. The molecule has 2 N–H and O–H groups in total. The van der Waals surface area contributed by atoms with Gasteiger partial charge in [-0.15, -0.1) is 0 Å². The van der Waals surface area contributed by atoms with Gasteiger partial charge in [0.25, 0.3) is 0 Å². The maximum absolute atomic E-state index is 13.0. The van der Waals surface area contributed by atoms with E-state index in [4.69, 9.17) is 0 Å². The van der Waals surface area contributed by atoms with Crippen LogP contribution in [0.4, 0.5) is 13.2 Å². The number of esters is 1. The highest BCUT2D eigenvalue weighted by atomic mass is 19.4. The van der Waals surface area contributed by atoms with Gasteiger partial charge in [-0.25, -0.2) is 4.79 Å². The van der Waals surface area contributed by atoms with Gasteiger partial charge in [-0.1, -0.05) is 12.1 Å². The number of hydrogen-bond acceptors (Lipinski definition) is 4. The van der Waals surface area contributed by atoms with Crippen molar-refractivity contribution in [3.63, 3.8) is 0 Å². The number of H-pyrrole nitrogens is 1. The fourth-order valence-electron chi connectivity index (χ4n) is 2.80. The second kappa shape index (κ2) is 7.77. The number of fused-ring (bicyclic) bond motifs is 1. The van der Waals surface area contributed by atoms with E-state index in [0.29, 0.717) is 16.5 Å². The summed E-state index contributed by atoms with van der Waals surface area (Å²) in [4.78, 5) is 26.0. The number of carbonyl (C=O) groups excluding carboxylic acids is 2. The number of benzene rings is 1. The Morgan fingerprint density at radius 1 is 1.27 bits per heavy atom. The fourth-order valence-corrected chi connectivity index (χ4v) is 2.80. The van der Waals surface area contributed by atoms with Gasteiger partial charge in [-0.2, -0.15) is 13.2 Å². The van der Waals surface area contributed by atoms with E-state index in [1.807, 2.05) is 0 Å². The van der Waals surface area contributed by atoms with E-state index in [1.165, 1.54) is 32.2 Å². The molecule has 1 aromatic heterocycles. The van der Waals surface area contributed by atoms with Crippen molar-refractivity contribution in [2.75, 3.05) is 14.2 Å².